The number of benzene rings is 2. The summed E-state index contributed by atoms with van der Waals surface area (Å²) in [6.07, 6.45) is 0. The summed E-state index contributed by atoms with van der Waals surface area (Å²) in [6.45, 7) is 50.4. The quantitative estimate of drug-likeness (QED) is 0.0763. The van der Waals surface area contributed by atoms with Crippen LogP contribution in [0.4, 0.5) is 0 Å². The Bertz CT molecular complexity index is 946. The summed E-state index contributed by atoms with van der Waals surface area (Å²) in [5.41, 5.74) is 3.07. The smallest absolute Gasteiger partial charge is 0 e. The molecule has 0 aliphatic rings. The van der Waals surface area contributed by atoms with Crippen molar-refractivity contribution in [1.82, 2.24) is 4.67 Å². The van der Waals surface area contributed by atoms with Gasteiger partial charge in [0.05, 0.1) is 0 Å². The first kappa shape index (κ1) is 69.7. The molecule has 2 radical (unpaired) electrons. The average molecular weight is 733 g/mol. The van der Waals surface area contributed by atoms with E-state index in [0.29, 0.717) is 12.1 Å². The molecule has 0 amide bonds. The summed E-state index contributed by atoms with van der Waals surface area (Å²) in [5.74, 6) is 0. The van der Waals surface area contributed by atoms with Crippen molar-refractivity contribution in [2.45, 2.75) is 53.6 Å². The second-order valence-corrected chi connectivity index (χ2v) is 7.53. The van der Waals surface area contributed by atoms with Gasteiger partial charge in [-0.2, -0.15) is 0 Å². The maximum Gasteiger partial charge on any atom is 0 e. The number of nitrogens with zero attached hydrogens (tertiary/aromatic N) is 3. The van der Waals surface area contributed by atoms with Gasteiger partial charge >= 0.3 is 90.4 Å². The molecule has 0 aliphatic heterocycles. The van der Waals surface area contributed by atoms with Crippen LogP contribution in [0.5, 0.6) is 0 Å². The number of hydrogen-bond acceptors (Lipinski definition) is 2. The van der Waals surface area contributed by atoms with Gasteiger partial charge in [-0.25, -0.2) is 4.67 Å². The molecule has 0 unspecified atom stereocenters. The van der Waals surface area contributed by atoms with E-state index in [-0.39, 0.29) is 34.1 Å². The van der Waals surface area contributed by atoms with Crippen LogP contribution in [0.3, 0.4) is 0 Å². The average Bonchev–Trinajstić information content (AvgIpc) is 3.13. The van der Waals surface area contributed by atoms with Gasteiger partial charge in [-0.15, -0.1) is 9.96 Å². The van der Waals surface area contributed by atoms with Gasteiger partial charge in [0, 0.05) is 70.6 Å². The Kier molecular flexibility index (Phi) is 111. The molecule has 0 saturated heterocycles. The molecule has 0 bridgehead atoms. The van der Waals surface area contributed by atoms with Gasteiger partial charge < -0.3 is 4.74 Å². The fourth-order valence-corrected chi connectivity index (χ4v) is 3.23. The Balaban J connectivity index is -0.0000000595. The molecule has 0 saturated carbocycles. The normalized spacial score (nSPS) is 7.07. The SMILES string of the molecule is CC(C)N(P=NN=C(c1ccccc1)c1ccccc1)C(C)C.CCOCC.[C-]#[O+].[C-]#[O+].[C-]#[O+].[C-]#[O+].[C-]#[O+].[C-]#[O+].[C-]#[O+].[C-]#[O+].[Mn].[Mn]. The van der Waals surface area contributed by atoms with Crippen molar-refractivity contribution in [3.05, 3.63) is 125 Å². The number of ether oxygens (including phenoxy) is 1. The van der Waals surface area contributed by atoms with E-state index < -0.39 is 0 Å². The van der Waals surface area contributed by atoms with Crippen LogP contribution in [0, 0.1) is 53.2 Å². The predicted octanol–water partition coefficient (Wildman–Crippen LogP) is 6.34. The summed E-state index contributed by atoms with van der Waals surface area (Å²) in [7, 11) is 0.882. The van der Waals surface area contributed by atoms with Gasteiger partial charge in [-0.1, -0.05) is 60.7 Å². The minimum absolute atomic E-state index is 0. The Labute approximate surface area is 295 Å². The van der Waals surface area contributed by atoms with E-state index in [2.05, 4.69) is 120 Å². The minimum Gasteiger partial charge on any atom is 0 e. The molecule has 2 rings (SSSR count). The molecule has 46 heavy (non-hydrogen) atoms. The number of hydrogen-bond donors (Lipinski definition) is 0. The zero-order valence-corrected chi connectivity index (χ0v) is 29.3. The fourth-order valence-electron chi connectivity index (χ4n) is 2.59. The van der Waals surface area contributed by atoms with E-state index in [1.807, 2.05) is 50.2 Å². The summed E-state index contributed by atoms with van der Waals surface area (Å²) >= 11 is 0. The van der Waals surface area contributed by atoms with E-state index in [9.17, 15) is 0 Å². The predicted molar refractivity (Wildman–Crippen MR) is 154 cm³/mol. The first-order valence-corrected chi connectivity index (χ1v) is 12.4. The minimum atomic E-state index is 0. The molecule has 0 spiro atoms. The van der Waals surface area contributed by atoms with E-state index in [0.717, 1.165) is 38.6 Å². The third-order valence-electron chi connectivity index (χ3n) is 3.85. The second-order valence-electron chi connectivity index (χ2n) is 6.71. The maximum atomic E-state index is 7.50. The van der Waals surface area contributed by atoms with Crippen molar-refractivity contribution in [1.29, 1.82) is 0 Å². The van der Waals surface area contributed by atoms with Gasteiger partial charge in [0.2, 0.25) is 0 Å². The van der Waals surface area contributed by atoms with Crippen LogP contribution in [-0.4, -0.2) is 35.7 Å². The number of rotatable bonds is 8. The largest absolute Gasteiger partial charge is 0 e. The van der Waals surface area contributed by atoms with Crippen LogP contribution in [-0.2, 0) is 76.1 Å². The molecular formula is C31H34Mn2N3O9P. The van der Waals surface area contributed by atoms with Crippen LogP contribution in [0.15, 0.2) is 70.6 Å². The van der Waals surface area contributed by atoms with Gasteiger partial charge in [0.25, 0.3) is 0 Å². The molecule has 12 nitrogen and oxygen atoms in total. The van der Waals surface area contributed by atoms with Crippen LogP contribution >= 0.6 is 8.52 Å². The van der Waals surface area contributed by atoms with Crippen molar-refractivity contribution in [3.8, 4) is 0 Å². The summed E-state index contributed by atoms with van der Waals surface area (Å²) < 4.78 is 67.1. The fraction of sp³-hybridized carbons (Fsp3) is 0.323. The van der Waals surface area contributed by atoms with E-state index in [1.54, 1.807) is 0 Å². The van der Waals surface area contributed by atoms with Crippen molar-refractivity contribution in [3.63, 3.8) is 0 Å². The summed E-state index contributed by atoms with van der Waals surface area (Å²) in [4.78, 5) is 4.45. The molecule has 246 valence electrons. The zero-order chi connectivity index (χ0) is 36.8. The monoisotopic (exact) mass is 733 g/mol. The molecule has 0 aromatic heterocycles. The van der Waals surface area contributed by atoms with Crippen LogP contribution in [0.2, 0.25) is 0 Å². The topological polar surface area (TPSA) is 196 Å². The molecule has 2 aromatic carbocycles. The van der Waals surface area contributed by atoms with Gasteiger partial charge in [0.15, 0.2) is 0 Å². The summed E-state index contributed by atoms with van der Waals surface area (Å²) in [5, 5.41) is 4.56. The molecule has 15 heteroatoms. The van der Waals surface area contributed by atoms with Crippen molar-refractivity contribution in [2.24, 2.45) is 9.96 Å². The van der Waals surface area contributed by atoms with Crippen molar-refractivity contribution >= 4 is 14.2 Å². The first-order chi connectivity index (χ1) is 21.5. The van der Waals surface area contributed by atoms with Gasteiger partial charge in [-0.05, 0) is 41.5 Å². The van der Waals surface area contributed by atoms with Crippen LogP contribution < -0.4 is 0 Å². The molecule has 2 aromatic rings. The van der Waals surface area contributed by atoms with E-state index in [1.165, 1.54) is 0 Å². The Morgan fingerprint density at radius 2 is 0.848 bits per heavy atom. The molecule has 0 atom stereocenters. The Morgan fingerprint density at radius 3 is 1.04 bits per heavy atom. The Morgan fingerprint density at radius 1 is 0.587 bits per heavy atom. The molecule has 0 aliphatic carbocycles. The summed E-state index contributed by atoms with van der Waals surface area (Å²) in [6, 6.07) is 21.3. The maximum absolute atomic E-state index is 7.50. The second kappa shape index (κ2) is 73.5. The molecular weight excluding hydrogens is 699 g/mol. The van der Waals surface area contributed by atoms with E-state index in [4.69, 9.17) is 42.0 Å². The molecule has 0 fully saturated rings. The van der Waals surface area contributed by atoms with Gasteiger partial charge in [-0.3, -0.25) is 0 Å². The van der Waals surface area contributed by atoms with Crippen LogP contribution in [0.1, 0.15) is 52.7 Å². The first-order valence-electron chi connectivity index (χ1n) is 11.6. The standard InChI is InChI=1S/C19H24N3P.C4H10O.8CO.2Mn/c1-15(2)22(16(3)4)23-21-20-19(17-11-7-5-8-12-17)18-13-9-6-10-14-18;1-3-5-4-2;8*1-2;;/h5-16H,1-4H3;3-4H2,1-2H3;;;;;;;;;;. The Hall–Kier alpha value is -2.91. The van der Waals surface area contributed by atoms with Gasteiger partial charge in [0.1, 0.15) is 14.2 Å². The van der Waals surface area contributed by atoms with E-state index >= 15 is 0 Å². The third kappa shape index (κ3) is 48.0. The molecule has 0 heterocycles. The molecule has 0 N–H and O–H groups in total. The third-order valence-corrected chi connectivity index (χ3v) is 5.15. The zero-order valence-electron chi connectivity index (χ0n) is 26.1. The van der Waals surface area contributed by atoms with Crippen molar-refractivity contribution < 1.29 is 76.1 Å². The van der Waals surface area contributed by atoms with Crippen LogP contribution in [0.25, 0.3) is 0 Å². The van der Waals surface area contributed by atoms with Crippen molar-refractivity contribution in [2.75, 3.05) is 13.2 Å².